The zero-order chi connectivity index (χ0) is 48.2. The van der Waals surface area contributed by atoms with Crippen molar-refractivity contribution in [1.82, 2.24) is 40.0 Å². The summed E-state index contributed by atoms with van der Waals surface area (Å²) >= 11 is 14.9. The van der Waals surface area contributed by atoms with Crippen LogP contribution in [0.1, 0.15) is 139 Å². The molecular weight excluding hydrogens is 894 g/mol. The number of nitrogens with zero attached hydrogens (tertiary/aromatic N) is 6. The SMILES string of the molecule is COC(=O)N[C@H](C(=O)N1CCC[C@H]1c1nc2c(Cl)c(C3CCC(c4ccc5[nH]c([C@@H]6CCCN6C(=O)[C@H](C(C)C)N(C)C(=O)O)nc5c4Cl)N3c3ccc(C(C)(C)C)cc3)ccc2[nH]1)C(C)C. The summed E-state index contributed by atoms with van der Waals surface area (Å²) in [5.74, 6) is 0.481. The maximum Gasteiger partial charge on any atom is 0.407 e. The molecule has 3 saturated heterocycles. The highest BCUT2D eigenvalue weighted by atomic mass is 35.5. The summed E-state index contributed by atoms with van der Waals surface area (Å²) in [5, 5.41) is 13.6. The van der Waals surface area contributed by atoms with Gasteiger partial charge in [0.25, 0.3) is 0 Å². The highest BCUT2D eigenvalue weighted by Gasteiger charge is 2.42. The largest absolute Gasteiger partial charge is 0.465 e. The van der Waals surface area contributed by atoms with E-state index in [0.717, 1.165) is 58.4 Å². The number of hydrogen-bond donors (Lipinski definition) is 4. The van der Waals surface area contributed by atoms with Gasteiger partial charge >= 0.3 is 12.2 Å². The van der Waals surface area contributed by atoms with E-state index in [2.05, 4.69) is 77.4 Å². The number of benzene rings is 3. The molecule has 2 unspecified atom stereocenters. The van der Waals surface area contributed by atoms with Crippen molar-refractivity contribution in [2.45, 2.75) is 129 Å². The molecule has 358 valence electrons. The molecule has 0 spiro atoms. The summed E-state index contributed by atoms with van der Waals surface area (Å²) in [6.07, 6.45) is 2.69. The van der Waals surface area contributed by atoms with Crippen molar-refractivity contribution in [2.24, 2.45) is 11.8 Å². The molecule has 8 rings (SSSR count). The zero-order valence-corrected chi connectivity index (χ0v) is 41.3. The minimum absolute atomic E-state index is 0.0468. The van der Waals surface area contributed by atoms with E-state index < -0.39 is 24.3 Å². The summed E-state index contributed by atoms with van der Waals surface area (Å²) in [5.41, 5.74) is 6.80. The second kappa shape index (κ2) is 18.9. The van der Waals surface area contributed by atoms with Gasteiger partial charge in [0.15, 0.2) is 0 Å². The average molecular weight is 957 g/mol. The van der Waals surface area contributed by atoms with Crippen LogP contribution in [0.15, 0.2) is 48.5 Å². The average Bonchev–Trinajstić information content (AvgIpc) is 4.14. The van der Waals surface area contributed by atoms with Gasteiger partial charge in [-0.15, -0.1) is 0 Å². The van der Waals surface area contributed by atoms with Crippen LogP contribution in [0.3, 0.4) is 0 Å². The number of fused-ring (bicyclic) bond motifs is 2. The molecule has 3 aliphatic rings. The Morgan fingerprint density at radius 2 is 1.24 bits per heavy atom. The van der Waals surface area contributed by atoms with Crippen LogP contribution in [-0.2, 0) is 19.7 Å². The Labute approximate surface area is 401 Å². The van der Waals surface area contributed by atoms with Crippen molar-refractivity contribution in [1.29, 1.82) is 0 Å². The quantitative estimate of drug-likeness (QED) is 0.100. The molecule has 3 aromatic carbocycles. The molecule has 2 aromatic heterocycles. The number of likely N-dealkylation sites (tertiary alicyclic amines) is 2. The maximum atomic E-state index is 14.0. The number of H-pyrrole nitrogens is 2. The molecule has 0 saturated carbocycles. The van der Waals surface area contributed by atoms with E-state index in [1.807, 2.05) is 39.8 Å². The number of methoxy groups -OCH3 is 1. The number of halogens is 2. The number of rotatable bonds is 11. The van der Waals surface area contributed by atoms with Gasteiger partial charge in [-0.05, 0) is 96.7 Å². The number of imidazole rings is 2. The number of aromatic amines is 2. The Morgan fingerprint density at radius 1 is 0.746 bits per heavy atom. The van der Waals surface area contributed by atoms with Crippen molar-refractivity contribution in [2.75, 3.05) is 32.1 Å². The third-order valence-corrected chi connectivity index (χ3v) is 14.9. The van der Waals surface area contributed by atoms with Crippen LogP contribution in [0.4, 0.5) is 15.3 Å². The number of aromatic nitrogens is 4. The lowest BCUT2D eigenvalue weighted by Gasteiger charge is -2.34. The predicted octanol–water partition coefficient (Wildman–Crippen LogP) is 10.5. The third-order valence-electron chi connectivity index (χ3n) is 14.1. The van der Waals surface area contributed by atoms with E-state index in [1.165, 1.54) is 19.7 Å². The summed E-state index contributed by atoms with van der Waals surface area (Å²) in [4.78, 5) is 76.3. The number of ether oxygens (including phenoxy) is 1. The van der Waals surface area contributed by atoms with Crippen LogP contribution in [-0.4, -0.2) is 103 Å². The molecule has 4 N–H and O–H groups in total. The summed E-state index contributed by atoms with van der Waals surface area (Å²) in [7, 11) is 2.73. The number of carboxylic acid groups (broad SMARTS) is 1. The fraction of sp³-hybridized carbons (Fsp3) is 0.520. The van der Waals surface area contributed by atoms with Gasteiger partial charge < -0.3 is 39.8 Å². The highest BCUT2D eigenvalue weighted by molar-refractivity contribution is 6.36. The van der Waals surface area contributed by atoms with Crippen molar-refractivity contribution in [3.05, 3.63) is 86.9 Å². The van der Waals surface area contributed by atoms with E-state index in [9.17, 15) is 24.3 Å². The van der Waals surface area contributed by atoms with Gasteiger partial charge in [0, 0.05) is 25.8 Å². The number of alkyl carbamates (subject to hydrolysis) is 1. The highest BCUT2D eigenvalue weighted by Crippen LogP contribution is 2.51. The molecule has 0 aliphatic carbocycles. The van der Waals surface area contributed by atoms with Crippen molar-refractivity contribution in [3.8, 4) is 0 Å². The lowest BCUT2D eigenvalue weighted by atomic mass is 9.87. The fourth-order valence-electron chi connectivity index (χ4n) is 10.6. The normalized spacial score (nSPS) is 20.9. The van der Waals surface area contributed by atoms with Gasteiger partial charge in [-0.25, -0.2) is 19.6 Å². The van der Waals surface area contributed by atoms with Crippen LogP contribution in [0.25, 0.3) is 22.1 Å². The molecule has 17 heteroatoms. The lowest BCUT2D eigenvalue weighted by molar-refractivity contribution is -0.138. The molecule has 5 heterocycles. The Hall–Kier alpha value is -5.54. The van der Waals surface area contributed by atoms with E-state index in [1.54, 1.807) is 9.80 Å². The topological polar surface area (TPSA) is 180 Å². The number of nitrogens with one attached hydrogen (secondary N) is 3. The number of carbonyl (C=O) groups excluding carboxylic acids is 3. The minimum atomic E-state index is -1.15. The van der Waals surface area contributed by atoms with Crippen LogP contribution in [0.5, 0.6) is 0 Å². The van der Waals surface area contributed by atoms with Gasteiger partial charge in [-0.3, -0.25) is 14.5 Å². The summed E-state index contributed by atoms with van der Waals surface area (Å²) < 4.78 is 4.83. The predicted molar refractivity (Wildman–Crippen MR) is 261 cm³/mol. The summed E-state index contributed by atoms with van der Waals surface area (Å²) in [6, 6.07) is 14.3. The van der Waals surface area contributed by atoms with E-state index in [-0.39, 0.29) is 53.2 Å². The molecule has 6 atom stereocenters. The molecule has 5 aromatic rings. The minimum Gasteiger partial charge on any atom is -0.465 e. The maximum absolute atomic E-state index is 14.0. The zero-order valence-electron chi connectivity index (χ0n) is 39.8. The Morgan fingerprint density at radius 3 is 1.67 bits per heavy atom. The van der Waals surface area contributed by atoms with Crippen LogP contribution >= 0.6 is 23.2 Å². The molecule has 4 amide bonds. The van der Waals surface area contributed by atoms with Crippen molar-refractivity contribution in [3.63, 3.8) is 0 Å². The van der Waals surface area contributed by atoms with Gasteiger partial charge in [0.1, 0.15) is 34.8 Å². The second-order valence-electron chi connectivity index (χ2n) is 20.1. The third kappa shape index (κ3) is 9.01. The molecule has 0 bridgehead atoms. The molecule has 3 fully saturated rings. The first-order chi connectivity index (χ1) is 31.8. The lowest BCUT2D eigenvalue weighted by Crippen LogP contribution is -2.51. The molecule has 15 nitrogen and oxygen atoms in total. The monoisotopic (exact) mass is 955 g/mol. The first kappa shape index (κ1) is 47.9. The Kier molecular flexibility index (Phi) is 13.5. The van der Waals surface area contributed by atoms with Crippen molar-refractivity contribution < 1.29 is 29.0 Å². The molecule has 0 radical (unpaired) electrons. The smallest absolute Gasteiger partial charge is 0.407 e. The van der Waals surface area contributed by atoms with Gasteiger partial charge in [-0.2, -0.15) is 0 Å². The van der Waals surface area contributed by atoms with Gasteiger partial charge in [0.05, 0.1) is 52.4 Å². The number of anilines is 1. The fourth-order valence-corrected chi connectivity index (χ4v) is 11.3. The second-order valence-corrected chi connectivity index (χ2v) is 20.9. The number of amides is 4. The van der Waals surface area contributed by atoms with E-state index in [0.29, 0.717) is 58.7 Å². The first-order valence-electron chi connectivity index (χ1n) is 23.5. The van der Waals surface area contributed by atoms with Crippen LogP contribution in [0, 0.1) is 11.8 Å². The van der Waals surface area contributed by atoms with Gasteiger partial charge in [-0.1, -0.05) is 95.9 Å². The van der Waals surface area contributed by atoms with Crippen LogP contribution < -0.4 is 10.2 Å². The number of hydrogen-bond acceptors (Lipinski definition) is 8. The van der Waals surface area contributed by atoms with Crippen LogP contribution in [0.2, 0.25) is 10.0 Å². The summed E-state index contributed by atoms with van der Waals surface area (Å²) in [6.45, 7) is 15.1. The van der Waals surface area contributed by atoms with Crippen molar-refractivity contribution >= 4 is 75.0 Å². The molecule has 3 aliphatic heterocycles. The Balaban J connectivity index is 1.13. The first-order valence-corrected chi connectivity index (χ1v) is 24.2. The van der Waals surface area contributed by atoms with E-state index >= 15 is 0 Å². The molecular formula is C50H63Cl2N9O6. The van der Waals surface area contributed by atoms with Gasteiger partial charge in [0.2, 0.25) is 11.8 Å². The molecule has 67 heavy (non-hydrogen) atoms. The Bertz CT molecular complexity index is 2680. The number of likely N-dealkylation sites (N-methyl/N-ethyl adjacent to an activating group) is 1. The van der Waals surface area contributed by atoms with E-state index in [4.69, 9.17) is 37.9 Å². The number of carbonyl (C=O) groups is 4. The standard InChI is InChI=1S/C50H63Cl2N9O6/c1-26(2)40(57-48(64)67-9)46(62)59-24-10-12-36(59)44-53-32-20-18-30(38(51)41(32)55-44)34-22-23-35(61(34)29-16-14-28(15-17-29)50(5,6)7)31-19-21-33-42(39(31)52)56-45(54-33)37-13-11-25-60(37)47(63)43(27(3)4)58(8)49(65)66/h14-21,26-27,34-37,40,43H,10-13,22-25H2,1-9H3,(H,53,55)(H,54,56)(H,57,64)(H,65,66)/t34?,35?,36-,37-,40-,43-/m0/s1.